The van der Waals surface area contributed by atoms with Crippen molar-refractivity contribution in [3.8, 4) is 0 Å². The van der Waals surface area contributed by atoms with Crippen LogP contribution in [-0.4, -0.2) is 30.5 Å². The minimum atomic E-state index is 0.384. The largest absolute Gasteiger partial charge is 0.341 e. The second-order valence-electron chi connectivity index (χ2n) is 5.54. The number of rotatable bonds is 2. The van der Waals surface area contributed by atoms with Gasteiger partial charge in [-0.05, 0) is 17.8 Å². The van der Waals surface area contributed by atoms with Crippen LogP contribution in [0.4, 0.5) is 0 Å². The van der Waals surface area contributed by atoms with Gasteiger partial charge in [0.15, 0.2) is 0 Å². The molecule has 0 atom stereocenters. The average Bonchev–Trinajstić information content (AvgIpc) is 2.47. The lowest BCUT2D eigenvalue weighted by Gasteiger charge is -2.22. The summed E-state index contributed by atoms with van der Waals surface area (Å²) in [5, 5.41) is 0. The van der Waals surface area contributed by atoms with Gasteiger partial charge in [0.1, 0.15) is 0 Å². The number of guanidine groups is 1. The second kappa shape index (κ2) is 4.84. The smallest absolute Gasteiger partial charge is 0.208 e. The molecule has 0 aromatic rings. The molecule has 1 fully saturated rings. The number of hydrogen-bond donors (Lipinski definition) is 2. The first-order chi connectivity index (χ1) is 6.94. The first-order valence-electron chi connectivity index (χ1n) is 5.70. The maximum Gasteiger partial charge on any atom is 0.208 e. The van der Waals surface area contributed by atoms with E-state index in [2.05, 4.69) is 43.0 Å². The maximum absolute atomic E-state index is 5.50. The molecule has 15 heavy (non-hydrogen) atoms. The Morgan fingerprint density at radius 2 is 2.20 bits per heavy atom. The number of likely N-dealkylation sites (tertiary alicyclic amines) is 1. The zero-order valence-electron chi connectivity index (χ0n) is 10.4. The van der Waals surface area contributed by atoms with E-state index in [9.17, 15) is 0 Å². The van der Waals surface area contributed by atoms with Crippen LogP contribution in [0.15, 0.2) is 4.99 Å². The lowest BCUT2D eigenvalue weighted by molar-refractivity contribution is 0.369. The molecule has 0 unspecified atom stereocenters. The molecule has 1 heterocycles. The molecule has 4 nitrogen and oxygen atoms in total. The van der Waals surface area contributed by atoms with Crippen molar-refractivity contribution >= 4 is 5.96 Å². The highest BCUT2D eigenvalue weighted by atomic mass is 15.4. The summed E-state index contributed by atoms with van der Waals surface area (Å²) in [4.78, 5) is 6.73. The molecule has 1 aliphatic rings. The van der Waals surface area contributed by atoms with Crippen LogP contribution in [0.2, 0.25) is 0 Å². The van der Waals surface area contributed by atoms with Crippen LogP contribution >= 0.6 is 0 Å². The van der Waals surface area contributed by atoms with Crippen LogP contribution in [0.3, 0.4) is 0 Å². The molecule has 0 bridgehead atoms. The van der Waals surface area contributed by atoms with Gasteiger partial charge in [0.25, 0.3) is 0 Å². The summed E-state index contributed by atoms with van der Waals surface area (Å²) in [6.45, 7) is 11.8. The Morgan fingerprint density at radius 3 is 2.60 bits per heavy atom. The third-order valence-electron chi connectivity index (χ3n) is 2.71. The first kappa shape index (κ1) is 12.3. The predicted molar refractivity (Wildman–Crippen MR) is 64.4 cm³/mol. The molecular formula is C11H24N4. The number of hydrogen-bond acceptors (Lipinski definition) is 2. The molecule has 0 aromatic carbocycles. The molecule has 1 rings (SSSR count). The monoisotopic (exact) mass is 212 g/mol. The van der Waals surface area contributed by atoms with Crippen molar-refractivity contribution in [2.45, 2.75) is 34.1 Å². The Labute approximate surface area is 92.9 Å². The normalized spacial score (nSPS) is 21.2. The minimum Gasteiger partial charge on any atom is -0.341 e. The van der Waals surface area contributed by atoms with Crippen molar-refractivity contribution in [3.63, 3.8) is 0 Å². The van der Waals surface area contributed by atoms with E-state index >= 15 is 0 Å². The molecule has 0 saturated carbocycles. The summed E-state index contributed by atoms with van der Waals surface area (Å²) >= 11 is 0. The van der Waals surface area contributed by atoms with Crippen molar-refractivity contribution < 1.29 is 0 Å². The molecule has 0 aliphatic carbocycles. The van der Waals surface area contributed by atoms with E-state index in [0.29, 0.717) is 11.3 Å². The zero-order valence-corrected chi connectivity index (χ0v) is 10.4. The molecule has 0 radical (unpaired) electrons. The molecule has 0 amide bonds. The van der Waals surface area contributed by atoms with E-state index in [1.165, 1.54) is 6.42 Å². The van der Waals surface area contributed by atoms with Gasteiger partial charge >= 0.3 is 0 Å². The van der Waals surface area contributed by atoms with Gasteiger partial charge in [0, 0.05) is 19.6 Å². The highest BCUT2D eigenvalue weighted by Gasteiger charge is 2.30. The molecule has 3 N–H and O–H groups in total. The van der Waals surface area contributed by atoms with Gasteiger partial charge in [-0.2, -0.15) is 0 Å². The predicted octanol–water partition coefficient (Wildman–Crippen LogP) is 1.19. The Hall–Kier alpha value is -0.770. The van der Waals surface area contributed by atoms with Gasteiger partial charge in [-0.1, -0.05) is 27.7 Å². The van der Waals surface area contributed by atoms with E-state index in [-0.39, 0.29) is 0 Å². The van der Waals surface area contributed by atoms with Gasteiger partial charge in [0.2, 0.25) is 5.96 Å². The molecule has 0 aromatic heterocycles. The van der Waals surface area contributed by atoms with E-state index < -0.39 is 0 Å². The summed E-state index contributed by atoms with van der Waals surface area (Å²) < 4.78 is 0. The topological polar surface area (TPSA) is 53.6 Å². The molecule has 1 saturated heterocycles. The maximum atomic E-state index is 5.50. The fraction of sp³-hybridized carbons (Fsp3) is 0.909. The van der Waals surface area contributed by atoms with Gasteiger partial charge in [0.05, 0.1) is 0 Å². The minimum absolute atomic E-state index is 0.384. The van der Waals surface area contributed by atoms with Crippen LogP contribution < -0.4 is 11.3 Å². The van der Waals surface area contributed by atoms with E-state index in [1.807, 2.05) is 0 Å². The van der Waals surface area contributed by atoms with Gasteiger partial charge in [-0.25, -0.2) is 5.84 Å². The molecule has 4 heteroatoms. The van der Waals surface area contributed by atoms with Crippen molar-refractivity contribution in [1.82, 2.24) is 10.3 Å². The van der Waals surface area contributed by atoms with Crippen molar-refractivity contribution in [2.24, 2.45) is 22.2 Å². The Morgan fingerprint density at radius 1 is 1.53 bits per heavy atom. The standard InChI is InChI=1S/C11H24N4/c1-9(2)7-13-10(14-12)15-6-5-11(3,4)8-15/h9H,5-8,12H2,1-4H3,(H,13,14). The van der Waals surface area contributed by atoms with E-state index in [4.69, 9.17) is 5.84 Å². The van der Waals surface area contributed by atoms with Crippen LogP contribution in [0, 0.1) is 11.3 Å². The van der Waals surface area contributed by atoms with E-state index in [0.717, 1.165) is 25.6 Å². The fourth-order valence-electron chi connectivity index (χ4n) is 1.80. The highest BCUT2D eigenvalue weighted by Crippen LogP contribution is 2.28. The van der Waals surface area contributed by atoms with Gasteiger partial charge in [-0.15, -0.1) is 0 Å². The zero-order chi connectivity index (χ0) is 11.5. The Kier molecular flexibility index (Phi) is 3.97. The Bertz CT molecular complexity index is 233. The van der Waals surface area contributed by atoms with Gasteiger partial charge < -0.3 is 4.90 Å². The summed E-state index contributed by atoms with van der Waals surface area (Å²) in [5.74, 6) is 6.92. The van der Waals surface area contributed by atoms with Gasteiger partial charge in [-0.3, -0.25) is 10.4 Å². The quantitative estimate of drug-likeness (QED) is 0.313. The first-order valence-corrected chi connectivity index (χ1v) is 5.70. The van der Waals surface area contributed by atoms with Crippen LogP contribution in [0.25, 0.3) is 0 Å². The van der Waals surface area contributed by atoms with Crippen molar-refractivity contribution in [3.05, 3.63) is 0 Å². The average molecular weight is 212 g/mol. The number of hydrazine groups is 1. The SMILES string of the molecule is CC(C)CN=C(NN)N1CCC(C)(C)C1. The summed E-state index contributed by atoms with van der Waals surface area (Å²) in [7, 11) is 0. The van der Waals surface area contributed by atoms with Crippen molar-refractivity contribution in [1.29, 1.82) is 0 Å². The summed E-state index contributed by atoms with van der Waals surface area (Å²) in [6, 6.07) is 0. The van der Waals surface area contributed by atoms with Crippen molar-refractivity contribution in [2.75, 3.05) is 19.6 Å². The lowest BCUT2D eigenvalue weighted by atomic mass is 9.93. The number of aliphatic imine (C=N–C) groups is 1. The number of nitrogens with two attached hydrogens (primary N) is 1. The van der Waals surface area contributed by atoms with Crippen LogP contribution in [-0.2, 0) is 0 Å². The second-order valence-corrected chi connectivity index (χ2v) is 5.54. The molecule has 88 valence electrons. The molecule has 1 aliphatic heterocycles. The summed E-state index contributed by atoms with van der Waals surface area (Å²) in [6.07, 6.45) is 1.20. The number of nitrogens with one attached hydrogen (secondary N) is 1. The van der Waals surface area contributed by atoms with E-state index in [1.54, 1.807) is 0 Å². The third-order valence-corrected chi connectivity index (χ3v) is 2.71. The molecule has 0 spiro atoms. The molecular weight excluding hydrogens is 188 g/mol. The summed E-state index contributed by atoms with van der Waals surface area (Å²) in [5.41, 5.74) is 3.10. The highest BCUT2D eigenvalue weighted by molar-refractivity contribution is 5.79. The third kappa shape index (κ3) is 3.70. The lowest BCUT2D eigenvalue weighted by Crippen LogP contribution is -2.44. The Balaban J connectivity index is 2.56. The van der Waals surface area contributed by atoms with Crippen LogP contribution in [0.5, 0.6) is 0 Å². The van der Waals surface area contributed by atoms with Crippen LogP contribution in [0.1, 0.15) is 34.1 Å². The number of nitrogens with zero attached hydrogens (tertiary/aromatic N) is 2. The fourth-order valence-corrected chi connectivity index (χ4v) is 1.80.